The summed E-state index contributed by atoms with van der Waals surface area (Å²) in [6.07, 6.45) is -0.343. The zero-order valence-electron chi connectivity index (χ0n) is 8.36. The number of hydrogen-bond acceptors (Lipinski definition) is 2. The fourth-order valence-corrected chi connectivity index (χ4v) is 1.32. The molecule has 0 saturated carbocycles. The Morgan fingerprint density at radius 1 is 1.57 bits per heavy atom. The first-order valence-electron chi connectivity index (χ1n) is 4.44. The Hall–Kier alpha value is -1.35. The van der Waals surface area contributed by atoms with Crippen LogP contribution in [0.1, 0.15) is 11.1 Å². The smallest absolute Gasteiger partial charge is 0.333 e. The number of ether oxygens (including phenoxy) is 1. The zero-order chi connectivity index (χ0) is 10.6. The third-order valence-corrected chi connectivity index (χ3v) is 2.06. The number of carboxylic acid groups (broad SMARTS) is 1. The number of carboxylic acids is 1. The van der Waals surface area contributed by atoms with Gasteiger partial charge in [0.15, 0.2) is 6.10 Å². The van der Waals surface area contributed by atoms with Gasteiger partial charge in [0.25, 0.3) is 0 Å². The van der Waals surface area contributed by atoms with Crippen LogP contribution < -0.4 is 0 Å². The molecule has 0 fully saturated rings. The summed E-state index contributed by atoms with van der Waals surface area (Å²) in [6, 6.07) is 7.77. The molecule has 0 saturated heterocycles. The molecule has 0 spiro atoms. The Morgan fingerprint density at radius 3 is 2.79 bits per heavy atom. The van der Waals surface area contributed by atoms with Crippen LogP contribution >= 0.6 is 0 Å². The van der Waals surface area contributed by atoms with Crippen molar-refractivity contribution in [2.45, 2.75) is 19.4 Å². The van der Waals surface area contributed by atoms with Crippen molar-refractivity contribution in [1.29, 1.82) is 0 Å². The minimum Gasteiger partial charge on any atom is -0.479 e. The normalized spacial score (nSPS) is 12.4. The first-order chi connectivity index (χ1) is 6.63. The summed E-state index contributed by atoms with van der Waals surface area (Å²) in [5.74, 6) is -0.922. The van der Waals surface area contributed by atoms with E-state index in [1.807, 2.05) is 31.2 Å². The topological polar surface area (TPSA) is 46.5 Å². The lowest BCUT2D eigenvalue weighted by Gasteiger charge is -2.10. The molecule has 1 aromatic rings. The molecule has 3 heteroatoms. The summed E-state index contributed by atoms with van der Waals surface area (Å²) in [5, 5.41) is 8.78. The number of methoxy groups -OCH3 is 1. The molecule has 0 unspecified atom stereocenters. The van der Waals surface area contributed by atoms with Crippen LogP contribution in [-0.4, -0.2) is 24.3 Å². The van der Waals surface area contributed by atoms with Crippen molar-refractivity contribution < 1.29 is 14.6 Å². The van der Waals surface area contributed by atoms with Crippen LogP contribution in [0.5, 0.6) is 0 Å². The van der Waals surface area contributed by atoms with E-state index >= 15 is 0 Å². The minimum atomic E-state index is -0.922. The van der Waals surface area contributed by atoms with E-state index in [0.717, 1.165) is 11.1 Å². The monoisotopic (exact) mass is 194 g/mol. The lowest BCUT2D eigenvalue weighted by molar-refractivity contribution is -0.148. The summed E-state index contributed by atoms with van der Waals surface area (Å²) >= 11 is 0. The van der Waals surface area contributed by atoms with Crippen molar-refractivity contribution in [3.05, 3.63) is 35.4 Å². The van der Waals surface area contributed by atoms with Gasteiger partial charge in [-0.25, -0.2) is 4.79 Å². The summed E-state index contributed by atoms with van der Waals surface area (Å²) in [4.78, 5) is 10.7. The van der Waals surface area contributed by atoms with E-state index in [1.165, 1.54) is 7.11 Å². The van der Waals surface area contributed by atoms with E-state index in [-0.39, 0.29) is 0 Å². The second-order valence-corrected chi connectivity index (χ2v) is 3.26. The van der Waals surface area contributed by atoms with Crippen LogP contribution in [0.2, 0.25) is 0 Å². The predicted molar refractivity (Wildman–Crippen MR) is 53.3 cm³/mol. The van der Waals surface area contributed by atoms with Crippen LogP contribution in [0.3, 0.4) is 0 Å². The molecule has 0 aromatic heterocycles. The fraction of sp³-hybridized carbons (Fsp3) is 0.364. The van der Waals surface area contributed by atoms with Gasteiger partial charge < -0.3 is 9.84 Å². The standard InChI is InChI=1S/C11H14O3/c1-8-4-3-5-9(6-8)7-10(14-2)11(12)13/h3-6,10H,7H2,1-2H3,(H,12,13)/t10-/m0/s1. The molecule has 0 aliphatic rings. The maximum Gasteiger partial charge on any atom is 0.333 e. The van der Waals surface area contributed by atoms with Crippen LogP contribution in [-0.2, 0) is 16.0 Å². The van der Waals surface area contributed by atoms with Gasteiger partial charge in [0.05, 0.1) is 0 Å². The highest BCUT2D eigenvalue weighted by molar-refractivity contribution is 5.72. The number of aryl methyl sites for hydroxylation is 1. The second-order valence-electron chi connectivity index (χ2n) is 3.26. The van der Waals surface area contributed by atoms with E-state index in [1.54, 1.807) is 0 Å². The van der Waals surface area contributed by atoms with Gasteiger partial charge in [0.2, 0.25) is 0 Å². The molecule has 1 rings (SSSR count). The molecule has 0 amide bonds. The van der Waals surface area contributed by atoms with Gasteiger partial charge in [0.1, 0.15) is 0 Å². The quantitative estimate of drug-likeness (QED) is 0.792. The number of rotatable bonds is 4. The summed E-state index contributed by atoms with van der Waals surface area (Å²) in [5.41, 5.74) is 2.11. The highest BCUT2D eigenvalue weighted by Crippen LogP contribution is 2.08. The van der Waals surface area contributed by atoms with Gasteiger partial charge in [0, 0.05) is 13.5 Å². The predicted octanol–water partition coefficient (Wildman–Crippen LogP) is 1.64. The summed E-state index contributed by atoms with van der Waals surface area (Å²) < 4.78 is 4.86. The molecule has 0 bridgehead atoms. The number of benzene rings is 1. The lowest BCUT2D eigenvalue weighted by Crippen LogP contribution is -2.24. The van der Waals surface area contributed by atoms with Gasteiger partial charge in [-0.3, -0.25) is 0 Å². The van der Waals surface area contributed by atoms with Crippen molar-refractivity contribution in [3.63, 3.8) is 0 Å². The molecule has 0 aliphatic carbocycles. The van der Waals surface area contributed by atoms with Crippen LogP contribution in [0, 0.1) is 6.92 Å². The van der Waals surface area contributed by atoms with Gasteiger partial charge in [-0.15, -0.1) is 0 Å². The van der Waals surface area contributed by atoms with E-state index < -0.39 is 12.1 Å². The average Bonchev–Trinajstić information content (AvgIpc) is 2.14. The molecular weight excluding hydrogens is 180 g/mol. The first kappa shape index (κ1) is 10.7. The number of carbonyl (C=O) groups is 1. The molecule has 0 radical (unpaired) electrons. The van der Waals surface area contributed by atoms with Crippen molar-refractivity contribution in [1.82, 2.24) is 0 Å². The number of hydrogen-bond donors (Lipinski definition) is 1. The summed E-state index contributed by atoms with van der Waals surface area (Å²) in [6.45, 7) is 1.98. The van der Waals surface area contributed by atoms with Gasteiger partial charge in [-0.05, 0) is 12.5 Å². The number of aliphatic carboxylic acids is 1. The molecule has 1 atom stereocenters. The molecule has 14 heavy (non-hydrogen) atoms. The highest BCUT2D eigenvalue weighted by Gasteiger charge is 2.16. The van der Waals surface area contributed by atoms with E-state index in [2.05, 4.69) is 0 Å². The molecule has 0 aliphatic heterocycles. The van der Waals surface area contributed by atoms with Crippen molar-refractivity contribution >= 4 is 5.97 Å². The third kappa shape index (κ3) is 2.85. The summed E-state index contributed by atoms with van der Waals surface area (Å²) in [7, 11) is 1.41. The van der Waals surface area contributed by atoms with Crippen LogP contribution in [0.4, 0.5) is 0 Å². The minimum absolute atomic E-state index is 0.410. The van der Waals surface area contributed by atoms with Gasteiger partial charge in [-0.2, -0.15) is 0 Å². The molecule has 0 heterocycles. The van der Waals surface area contributed by atoms with Gasteiger partial charge in [-0.1, -0.05) is 29.8 Å². The maximum absolute atomic E-state index is 10.7. The molecule has 1 N–H and O–H groups in total. The third-order valence-electron chi connectivity index (χ3n) is 2.06. The second kappa shape index (κ2) is 4.77. The average molecular weight is 194 g/mol. The lowest BCUT2D eigenvalue weighted by atomic mass is 10.1. The Morgan fingerprint density at radius 2 is 2.29 bits per heavy atom. The molecule has 3 nitrogen and oxygen atoms in total. The molecule has 76 valence electrons. The van der Waals surface area contributed by atoms with Crippen LogP contribution in [0.25, 0.3) is 0 Å². The SMILES string of the molecule is CO[C@@H](Cc1cccc(C)c1)C(=O)O. The van der Waals surface area contributed by atoms with Crippen molar-refractivity contribution in [2.75, 3.05) is 7.11 Å². The Balaban J connectivity index is 2.72. The maximum atomic E-state index is 10.7. The Labute approximate surface area is 83.3 Å². The first-order valence-corrected chi connectivity index (χ1v) is 4.44. The van der Waals surface area contributed by atoms with E-state index in [9.17, 15) is 4.79 Å². The van der Waals surface area contributed by atoms with Crippen LogP contribution in [0.15, 0.2) is 24.3 Å². The highest BCUT2D eigenvalue weighted by atomic mass is 16.5. The molecule has 1 aromatic carbocycles. The molecular formula is C11H14O3. The van der Waals surface area contributed by atoms with E-state index in [4.69, 9.17) is 9.84 Å². The largest absolute Gasteiger partial charge is 0.479 e. The Bertz CT molecular complexity index is 320. The van der Waals surface area contributed by atoms with Crippen molar-refractivity contribution in [2.24, 2.45) is 0 Å². The fourth-order valence-electron chi connectivity index (χ4n) is 1.32. The van der Waals surface area contributed by atoms with E-state index in [0.29, 0.717) is 6.42 Å². The Kier molecular flexibility index (Phi) is 3.65. The zero-order valence-corrected chi connectivity index (χ0v) is 8.36. The van der Waals surface area contributed by atoms with Crippen molar-refractivity contribution in [3.8, 4) is 0 Å². The van der Waals surface area contributed by atoms with Gasteiger partial charge >= 0.3 is 5.97 Å².